The lowest BCUT2D eigenvalue weighted by atomic mass is 9.86. The van der Waals surface area contributed by atoms with Crippen molar-refractivity contribution in [2.75, 3.05) is 59.3 Å². The van der Waals surface area contributed by atoms with Crippen molar-refractivity contribution in [1.82, 2.24) is 31.9 Å². The van der Waals surface area contributed by atoms with E-state index in [0.29, 0.717) is 216 Å². The topological polar surface area (TPSA) is 230 Å². The van der Waals surface area contributed by atoms with E-state index in [2.05, 4.69) is 67.4 Å². The van der Waals surface area contributed by atoms with E-state index in [1.54, 1.807) is 36.4 Å². The molecule has 0 saturated heterocycles. The van der Waals surface area contributed by atoms with Crippen molar-refractivity contribution in [2.24, 2.45) is 0 Å². The minimum Gasteiger partial charge on any atom is -0.493 e. The van der Waals surface area contributed by atoms with Crippen LogP contribution >= 0.6 is 0 Å². The minimum atomic E-state index is -0.619. The molecule has 510 valence electrons. The molecule has 0 aliphatic heterocycles. The van der Waals surface area contributed by atoms with Gasteiger partial charge in [-0.05, 0) is 171 Å². The first-order chi connectivity index (χ1) is 46.3. The summed E-state index contributed by atoms with van der Waals surface area (Å²) in [5.41, 5.74) is 3.01. The molecule has 4 rings (SSSR count). The number of benzene rings is 3. The molecule has 1 fully saturated rings. The Morgan fingerprint density at radius 3 is 0.821 bits per heavy atom. The predicted octanol–water partition coefficient (Wildman–Crippen LogP) is 10.5. The predicted molar refractivity (Wildman–Crippen MR) is 372 cm³/mol. The Kier molecular flexibility index (Phi) is 39.0. The van der Waals surface area contributed by atoms with Gasteiger partial charge < -0.3 is 60.3 Å². The molecule has 0 unspecified atom stereocenters. The summed E-state index contributed by atoms with van der Waals surface area (Å²) in [7, 11) is 0. The molecule has 3 atom stereocenters. The smallest absolute Gasteiger partial charge is 0.251 e. The lowest BCUT2D eigenvalue weighted by molar-refractivity contribution is -0.119. The van der Waals surface area contributed by atoms with Crippen molar-refractivity contribution in [3.8, 4) is 109 Å². The molecule has 95 heavy (non-hydrogen) atoms. The fraction of sp³-hybridized carbons (Fsp3) is 0.532. The Balaban J connectivity index is 1.85. The zero-order valence-electron chi connectivity index (χ0n) is 56.1. The molecule has 1 aliphatic carbocycles. The van der Waals surface area contributed by atoms with Crippen LogP contribution in [0.15, 0.2) is 36.4 Å². The third-order valence-corrected chi connectivity index (χ3v) is 15.6. The van der Waals surface area contributed by atoms with Gasteiger partial charge in [0.05, 0.1) is 39.6 Å². The van der Waals surface area contributed by atoms with Gasteiger partial charge in [-0.1, -0.05) is 0 Å². The molecule has 0 bridgehead atoms. The van der Waals surface area contributed by atoms with E-state index in [0.717, 1.165) is 55.2 Å². The van der Waals surface area contributed by atoms with E-state index in [4.69, 9.17) is 67.0 Å². The van der Waals surface area contributed by atoms with Gasteiger partial charge in [0.1, 0.15) is 34.5 Å². The fourth-order valence-corrected chi connectivity index (χ4v) is 10.8. The summed E-state index contributed by atoms with van der Waals surface area (Å²) in [5.74, 6) is 17.1. The number of rotatable bonds is 49. The Hall–Kier alpha value is -9.36. The van der Waals surface area contributed by atoms with Crippen LogP contribution in [0.5, 0.6) is 34.5 Å². The number of nitrogens with one attached hydrogen (secondary N) is 6. The zero-order chi connectivity index (χ0) is 68.7. The van der Waals surface area contributed by atoms with Gasteiger partial charge in [0.15, 0.2) is 0 Å². The van der Waals surface area contributed by atoms with Gasteiger partial charge >= 0.3 is 0 Å². The second-order valence-corrected chi connectivity index (χ2v) is 23.5. The second-order valence-electron chi connectivity index (χ2n) is 23.5. The Morgan fingerprint density at radius 1 is 0.379 bits per heavy atom. The first-order valence-corrected chi connectivity index (χ1v) is 33.8. The van der Waals surface area contributed by atoms with Crippen molar-refractivity contribution in [2.45, 2.75) is 205 Å². The van der Waals surface area contributed by atoms with Gasteiger partial charge in [0.2, 0.25) is 18.2 Å². The summed E-state index contributed by atoms with van der Waals surface area (Å²) in [6.07, 6.45) is 49.8. The number of terminal acetylenes is 6. The van der Waals surface area contributed by atoms with Crippen molar-refractivity contribution in [3.63, 3.8) is 0 Å². The number of carbonyl (C=O) groups excluding carboxylic acids is 6. The van der Waals surface area contributed by atoms with Crippen molar-refractivity contribution in [3.05, 3.63) is 69.8 Å². The van der Waals surface area contributed by atoms with Crippen LogP contribution in [0, 0.1) is 74.1 Å². The summed E-state index contributed by atoms with van der Waals surface area (Å²) in [6.45, 7) is 6.08. The minimum absolute atomic E-state index is 0.152. The molecule has 18 nitrogen and oxygen atoms in total. The standard InChI is InChI=1S/C77H100N6O12/c1-9-15-21-27-42-90-69-48-60(49-70(91-43-28-22-16-10-2)66(69)36-33-39-78-57-84)75(87)81-63-54-64(82-76(88)61-50-71(92-44-29-23-17-11-3)67(37-34-40-79-58(7)85)72(51-61)93-45-30-24-18-12-4)56-65(55-63)83-77(89)62-52-73(94-46-31-25-19-13-5)68(38-35-41-80-59(8)86)74(53-62)95-47-32-26-20-14-6/h1-6,48-53,57,63-65H,15-47,54-56H2,7-8H3,(H,78,84)(H,79,85)(H,80,86)(H,81,87)(H,82,88)(H,83,89)/t63-,64+,65-. The van der Waals surface area contributed by atoms with Gasteiger partial charge in [0.25, 0.3) is 17.7 Å². The molecular formula is C77H100N6O12. The fourth-order valence-electron chi connectivity index (χ4n) is 10.8. The molecule has 3 aromatic carbocycles. The van der Waals surface area contributed by atoms with Crippen molar-refractivity contribution < 1.29 is 57.2 Å². The third kappa shape index (κ3) is 31.0. The summed E-state index contributed by atoms with van der Waals surface area (Å²) in [6, 6.07) is 8.36. The Morgan fingerprint density at radius 2 is 0.611 bits per heavy atom. The van der Waals surface area contributed by atoms with Crippen LogP contribution in [0.1, 0.15) is 216 Å². The molecule has 6 N–H and O–H groups in total. The number of carbonyl (C=O) groups is 6. The summed E-state index contributed by atoms with van der Waals surface area (Å²) in [4.78, 5) is 80.0. The van der Waals surface area contributed by atoms with E-state index in [9.17, 15) is 19.2 Å². The first-order valence-electron chi connectivity index (χ1n) is 33.8. The highest BCUT2D eigenvalue weighted by molar-refractivity contribution is 5.97. The number of ether oxygens (including phenoxy) is 6. The van der Waals surface area contributed by atoms with Crippen LogP contribution in [0.4, 0.5) is 0 Å². The maximum absolute atomic E-state index is 15.0. The quantitative estimate of drug-likeness (QED) is 0.0176. The Bertz CT molecular complexity index is 2890. The van der Waals surface area contributed by atoms with E-state index >= 15 is 9.59 Å². The second kappa shape index (κ2) is 47.5. The molecule has 3 aromatic rings. The Labute approximate surface area is 565 Å². The average Bonchev–Trinajstić information content (AvgIpc) is 0.843. The van der Waals surface area contributed by atoms with Crippen LogP contribution < -0.4 is 60.3 Å². The van der Waals surface area contributed by atoms with Gasteiger partial charge in [-0.25, -0.2) is 0 Å². The summed E-state index contributed by atoms with van der Waals surface area (Å²) >= 11 is 0. The van der Waals surface area contributed by atoms with Crippen LogP contribution in [-0.4, -0.2) is 113 Å². The molecule has 0 radical (unpaired) electrons. The van der Waals surface area contributed by atoms with Gasteiger partial charge in [-0.3, -0.25) is 28.8 Å². The molecule has 6 amide bonds. The van der Waals surface area contributed by atoms with E-state index in [1.807, 2.05) is 0 Å². The van der Waals surface area contributed by atoms with Crippen LogP contribution in [0.2, 0.25) is 0 Å². The molecule has 18 heteroatoms. The van der Waals surface area contributed by atoms with Crippen molar-refractivity contribution in [1.29, 1.82) is 0 Å². The molecule has 1 saturated carbocycles. The normalized spacial score (nSPS) is 13.7. The average molecular weight is 1300 g/mol. The number of hydrogen-bond donors (Lipinski definition) is 6. The van der Waals surface area contributed by atoms with E-state index in [-0.39, 0.29) is 47.8 Å². The van der Waals surface area contributed by atoms with E-state index in [1.165, 1.54) is 13.8 Å². The lowest BCUT2D eigenvalue weighted by Gasteiger charge is -2.36. The molecule has 1 aliphatic rings. The van der Waals surface area contributed by atoms with E-state index < -0.39 is 35.8 Å². The SMILES string of the molecule is C#CCCCCOc1cc(C(=O)N[C@H]2C[C@@H](NC(=O)c3cc(OCCCCC#C)c(CCCNC(C)=O)c(OCCCCC#C)c3)C[C@@H](NC(=O)c3cc(OCCCCC#C)c(CCCNC(C)=O)c(OCCCCC#C)c3)C2)cc(OCCCCC#C)c1CCCNC=O. The third-order valence-electron chi connectivity index (χ3n) is 15.6. The van der Waals surface area contributed by atoms with Gasteiger partial charge in [-0.2, -0.15) is 0 Å². The molecular weight excluding hydrogens is 1200 g/mol. The monoisotopic (exact) mass is 1300 g/mol. The van der Waals surface area contributed by atoms with Crippen molar-refractivity contribution >= 4 is 35.9 Å². The molecule has 0 heterocycles. The summed E-state index contributed by atoms with van der Waals surface area (Å²) in [5, 5.41) is 18.2. The lowest BCUT2D eigenvalue weighted by Crippen LogP contribution is -2.53. The van der Waals surface area contributed by atoms with Crippen LogP contribution in [0.3, 0.4) is 0 Å². The molecule has 0 spiro atoms. The first kappa shape index (κ1) is 78.1. The highest BCUT2D eigenvalue weighted by Crippen LogP contribution is 2.37. The number of unbranched alkanes of at least 4 members (excludes halogenated alkanes) is 12. The highest BCUT2D eigenvalue weighted by Gasteiger charge is 2.34. The molecule has 0 aromatic heterocycles. The largest absolute Gasteiger partial charge is 0.493 e. The zero-order valence-corrected chi connectivity index (χ0v) is 56.1. The van der Waals surface area contributed by atoms with Gasteiger partial charge in [0, 0.05) is 124 Å². The maximum Gasteiger partial charge on any atom is 0.251 e. The highest BCUT2D eigenvalue weighted by atomic mass is 16.5. The summed E-state index contributed by atoms with van der Waals surface area (Å²) < 4.78 is 38.7. The number of hydrogen-bond acceptors (Lipinski definition) is 12. The van der Waals surface area contributed by atoms with Gasteiger partial charge in [-0.15, -0.1) is 74.1 Å². The number of amides is 6. The van der Waals surface area contributed by atoms with Crippen LogP contribution in [-0.2, 0) is 33.6 Å². The van der Waals surface area contributed by atoms with Crippen LogP contribution in [0.25, 0.3) is 0 Å². The maximum atomic E-state index is 15.0.